The minimum Gasteiger partial charge on any atom is -0.497 e. The maximum Gasteiger partial charge on any atom is 0.220 e. The van der Waals surface area contributed by atoms with Crippen LogP contribution in [0, 0.1) is 0 Å². The Morgan fingerprint density at radius 3 is 2.48 bits per heavy atom. The number of carbonyl (C=O) groups is 2. The van der Waals surface area contributed by atoms with Crippen molar-refractivity contribution in [1.82, 2.24) is 10.6 Å². The van der Waals surface area contributed by atoms with Gasteiger partial charge in [-0.3, -0.25) is 9.59 Å². The van der Waals surface area contributed by atoms with Gasteiger partial charge in [-0.2, -0.15) is 0 Å². The van der Waals surface area contributed by atoms with Gasteiger partial charge in [-0.05, 0) is 25.0 Å². The molecule has 0 heterocycles. The first-order valence-electron chi connectivity index (χ1n) is 7.79. The molecule has 0 saturated heterocycles. The number of amides is 2. The van der Waals surface area contributed by atoms with Gasteiger partial charge in [-0.1, -0.05) is 6.42 Å². The van der Waals surface area contributed by atoms with E-state index in [1.807, 2.05) is 12.1 Å². The second-order valence-corrected chi connectivity index (χ2v) is 5.25. The summed E-state index contributed by atoms with van der Waals surface area (Å²) in [5, 5.41) is 5.63. The normalized spacial score (nSPS) is 10.0. The molecule has 1 aromatic carbocycles. The Balaban J connectivity index is 2.27. The van der Waals surface area contributed by atoms with Crippen LogP contribution in [-0.4, -0.2) is 32.6 Å². The van der Waals surface area contributed by atoms with E-state index in [2.05, 4.69) is 10.6 Å². The van der Waals surface area contributed by atoms with E-state index in [1.165, 1.54) is 6.92 Å². The summed E-state index contributed by atoms with van der Waals surface area (Å²) in [5.74, 6) is 1.41. The summed E-state index contributed by atoms with van der Waals surface area (Å²) in [5.41, 5.74) is 0.910. The molecule has 2 N–H and O–H groups in total. The van der Waals surface area contributed by atoms with Crippen LogP contribution in [0.5, 0.6) is 11.5 Å². The average Bonchev–Trinajstić information content (AvgIpc) is 2.55. The zero-order valence-corrected chi connectivity index (χ0v) is 14.1. The van der Waals surface area contributed by atoms with Gasteiger partial charge in [0.15, 0.2) is 0 Å². The molecule has 1 aromatic rings. The standard InChI is InChI=1S/C17H26N2O4/c1-13(20)18-10-6-4-5-7-17(21)19-12-14-8-9-15(22-2)11-16(14)23-3/h8-9,11H,4-7,10,12H2,1-3H3,(H,18,20)(H,19,21). The van der Waals surface area contributed by atoms with Gasteiger partial charge < -0.3 is 20.1 Å². The lowest BCUT2D eigenvalue weighted by atomic mass is 10.1. The van der Waals surface area contributed by atoms with E-state index in [0.29, 0.717) is 25.3 Å². The molecule has 0 unspecified atom stereocenters. The number of nitrogens with one attached hydrogen (secondary N) is 2. The van der Waals surface area contributed by atoms with E-state index < -0.39 is 0 Å². The first-order chi connectivity index (χ1) is 11.1. The molecule has 0 aromatic heterocycles. The van der Waals surface area contributed by atoms with Crippen molar-refractivity contribution in [2.75, 3.05) is 20.8 Å². The van der Waals surface area contributed by atoms with E-state index >= 15 is 0 Å². The molecular weight excluding hydrogens is 296 g/mol. The predicted molar refractivity (Wildman–Crippen MR) is 88.5 cm³/mol. The van der Waals surface area contributed by atoms with Crippen molar-refractivity contribution in [3.63, 3.8) is 0 Å². The van der Waals surface area contributed by atoms with Gasteiger partial charge in [0.05, 0.1) is 14.2 Å². The monoisotopic (exact) mass is 322 g/mol. The van der Waals surface area contributed by atoms with E-state index in [0.717, 1.165) is 30.6 Å². The highest BCUT2D eigenvalue weighted by molar-refractivity contribution is 5.75. The van der Waals surface area contributed by atoms with Gasteiger partial charge >= 0.3 is 0 Å². The fourth-order valence-electron chi connectivity index (χ4n) is 2.13. The van der Waals surface area contributed by atoms with Gasteiger partial charge in [0.25, 0.3) is 0 Å². The molecule has 0 atom stereocenters. The number of ether oxygens (including phenoxy) is 2. The van der Waals surface area contributed by atoms with Crippen LogP contribution in [0.2, 0.25) is 0 Å². The largest absolute Gasteiger partial charge is 0.497 e. The second-order valence-electron chi connectivity index (χ2n) is 5.25. The molecule has 0 aliphatic heterocycles. The minimum atomic E-state index is -0.0174. The summed E-state index contributed by atoms with van der Waals surface area (Å²) in [6.07, 6.45) is 3.10. The zero-order chi connectivity index (χ0) is 17.1. The Labute approximate surface area is 137 Å². The summed E-state index contributed by atoms with van der Waals surface area (Å²) in [4.78, 5) is 22.5. The number of benzene rings is 1. The molecule has 6 nitrogen and oxygen atoms in total. The molecule has 0 bridgehead atoms. The van der Waals surface area contributed by atoms with Crippen LogP contribution in [0.3, 0.4) is 0 Å². The molecule has 2 amide bonds. The number of methoxy groups -OCH3 is 2. The summed E-state index contributed by atoms with van der Waals surface area (Å²) in [6.45, 7) is 2.60. The summed E-state index contributed by atoms with van der Waals surface area (Å²) in [7, 11) is 3.19. The van der Waals surface area contributed by atoms with Crippen molar-refractivity contribution in [1.29, 1.82) is 0 Å². The molecule has 0 aliphatic rings. The second kappa shape index (κ2) is 10.5. The average molecular weight is 322 g/mol. The molecule has 0 aliphatic carbocycles. The highest BCUT2D eigenvalue weighted by Gasteiger charge is 2.07. The van der Waals surface area contributed by atoms with E-state index in [4.69, 9.17) is 9.47 Å². The van der Waals surface area contributed by atoms with Crippen LogP contribution in [0.1, 0.15) is 38.2 Å². The molecular formula is C17H26N2O4. The van der Waals surface area contributed by atoms with Crippen molar-refractivity contribution in [2.45, 2.75) is 39.2 Å². The van der Waals surface area contributed by atoms with Crippen LogP contribution in [0.4, 0.5) is 0 Å². The highest BCUT2D eigenvalue weighted by atomic mass is 16.5. The molecule has 0 saturated carbocycles. The fraction of sp³-hybridized carbons (Fsp3) is 0.529. The highest BCUT2D eigenvalue weighted by Crippen LogP contribution is 2.24. The Hall–Kier alpha value is -2.24. The van der Waals surface area contributed by atoms with Crippen molar-refractivity contribution in [3.05, 3.63) is 23.8 Å². The van der Waals surface area contributed by atoms with Crippen molar-refractivity contribution >= 4 is 11.8 Å². The zero-order valence-electron chi connectivity index (χ0n) is 14.1. The van der Waals surface area contributed by atoms with Crippen molar-refractivity contribution < 1.29 is 19.1 Å². The third-order valence-corrected chi connectivity index (χ3v) is 3.42. The molecule has 0 fully saturated rings. The van der Waals surface area contributed by atoms with Crippen molar-refractivity contribution in [3.8, 4) is 11.5 Å². The maximum atomic E-state index is 11.8. The van der Waals surface area contributed by atoms with Gasteiger partial charge in [0, 0.05) is 38.1 Å². The molecule has 23 heavy (non-hydrogen) atoms. The van der Waals surface area contributed by atoms with Gasteiger partial charge in [-0.25, -0.2) is 0 Å². The SMILES string of the molecule is COc1ccc(CNC(=O)CCCCCNC(C)=O)c(OC)c1. The molecule has 6 heteroatoms. The van der Waals surface area contributed by atoms with Crippen LogP contribution < -0.4 is 20.1 Å². The predicted octanol–water partition coefficient (Wildman–Crippen LogP) is 2.02. The minimum absolute atomic E-state index is 0.0161. The first-order valence-corrected chi connectivity index (χ1v) is 7.79. The molecule has 0 radical (unpaired) electrons. The van der Waals surface area contributed by atoms with Crippen LogP contribution in [0.15, 0.2) is 18.2 Å². The van der Waals surface area contributed by atoms with Crippen molar-refractivity contribution in [2.24, 2.45) is 0 Å². The van der Waals surface area contributed by atoms with E-state index in [-0.39, 0.29) is 11.8 Å². The maximum absolute atomic E-state index is 11.8. The summed E-state index contributed by atoms with van der Waals surface area (Å²) < 4.78 is 10.4. The number of hydrogen-bond acceptors (Lipinski definition) is 4. The third kappa shape index (κ3) is 7.54. The van der Waals surface area contributed by atoms with Crippen LogP contribution in [-0.2, 0) is 16.1 Å². The number of rotatable bonds is 10. The Morgan fingerprint density at radius 2 is 1.83 bits per heavy atom. The van der Waals surface area contributed by atoms with Gasteiger partial charge in [-0.15, -0.1) is 0 Å². The number of hydrogen-bond donors (Lipinski definition) is 2. The Bertz CT molecular complexity index is 517. The molecule has 128 valence electrons. The topological polar surface area (TPSA) is 76.7 Å². The lowest BCUT2D eigenvalue weighted by molar-refractivity contribution is -0.121. The third-order valence-electron chi connectivity index (χ3n) is 3.42. The summed E-state index contributed by atoms with van der Waals surface area (Å²) >= 11 is 0. The van der Waals surface area contributed by atoms with Gasteiger partial charge in [0.2, 0.25) is 11.8 Å². The summed E-state index contributed by atoms with van der Waals surface area (Å²) in [6, 6.07) is 5.51. The quantitative estimate of drug-likeness (QED) is 0.646. The first kappa shape index (κ1) is 18.8. The Kier molecular flexibility index (Phi) is 8.57. The van der Waals surface area contributed by atoms with E-state index in [1.54, 1.807) is 20.3 Å². The molecule has 1 rings (SSSR count). The van der Waals surface area contributed by atoms with Crippen LogP contribution in [0.25, 0.3) is 0 Å². The van der Waals surface area contributed by atoms with Crippen LogP contribution >= 0.6 is 0 Å². The fourth-order valence-corrected chi connectivity index (χ4v) is 2.13. The number of carbonyl (C=O) groups excluding carboxylic acids is 2. The lowest BCUT2D eigenvalue weighted by Gasteiger charge is -2.11. The molecule has 0 spiro atoms. The smallest absolute Gasteiger partial charge is 0.220 e. The Morgan fingerprint density at radius 1 is 1.04 bits per heavy atom. The van der Waals surface area contributed by atoms with E-state index in [9.17, 15) is 9.59 Å². The lowest BCUT2D eigenvalue weighted by Crippen LogP contribution is -2.23. The van der Waals surface area contributed by atoms with Gasteiger partial charge in [0.1, 0.15) is 11.5 Å². The number of unbranched alkanes of at least 4 members (excludes halogenated alkanes) is 2.